The van der Waals surface area contributed by atoms with E-state index in [0.29, 0.717) is 39.0 Å². The average Bonchev–Trinajstić information content (AvgIpc) is 2.17. The molecule has 0 spiro atoms. The first-order chi connectivity index (χ1) is 7.58. The van der Waals surface area contributed by atoms with Crippen LogP contribution in [0.25, 0.3) is 0 Å². The van der Waals surface area contributed by atoms with Crippen LogP contribution in [0.5, 0.6) is 0 Å². The van der Waals surface area contributed by atoms with Crippen LogP contribution >= 0.6 is 0 Å². The molecule has 0 aromatic heterocycles. The van der Waals surface area contributed by atoms with E-state index in [1.165, 1.54) is 0 Å². The molecule has 2 aliphatic heterocycles. The smallest absolute Gasteiger partial charge is 0.0689 e. The van der Waals surface area contributed by atoms with Gasteiger partial charge >= 0.3 is 0 Å². The second kappa shape index (κ2) is 7.16. The lowest BCUT2D eigenvalue weighted by Gasteiger charge is -2.22. The Morgan fingerprint density at radius 2 is 0.812 bits per heavy atom. The summed E-state index contributed by atoms with van der Waals surface area (Å²) in [4.78, 5) is 0. The Labute approximate surface area is 95.3 Å². The molecule has 96 valence electrons. The van der Waals surface area contributed by atoms with Gasteiger partial charge in [0, 0.05) is 39.0 Å². The van der Waals surface area contributed by atoms with E-state index < -0.39 is 0 Å². The van der Waals surface area contributed by atoms with Crippen LogP contribution in [-0.4, -0.2) is 71.0 Å². The number of hydrogen-bond donors (Lipinski definition) is 6. The number of piperidine rings is 2. The highest BCUT2D eigenvalue weighted by atomic mass is 16.3. The van der Waals surface area contributed by atoms with Crippen molar-refractivity contribution in [3.8, 4) is 0 Å². The molecule has 0 saturated carbocycles. The van der Waals surface area contributed by atoms with Crippen molar-refractivity contribution in [3.05, 3.63) is 0 Å². The molecule has 0 radical (unpaired) electrons. The highest BCUT2D eigenvalue weighted by Gasteiger charge is 2.16. The summed E-state index contributed by atoms with van der Waals surface area (Å²) >= 11 is 0. The van der Waals surface area contributed by atoms with E-state index in [1.54, 1.807) is 0 Å². The van der Waals surface area contributed by atoms with E-state index in [4.69, 9.17) is 20.4 Å². The predicted octanol–water partition coefficient (Wildman–Crippen LogP) is -2.60. The summed E-state index contributed by atoms with van der Waals surface area (Å²) in [5.41, 5.74) is 0. The Bertz CT molecular complexity index is 158. The molecule has 6 nitrogen and oxygen atoms in total. The molecule has 2 heterocycles. The maximum Gasteiger partial charge on any atom is 0.0689 e. The molecule has 0 aromatic rings. The van der Waals surface area contributed by atoms with Gasteiger partial charge in [0.05, 0.1) is 24.4 Å². The van der Waals surface area contributed by atoms with Crippen LogP contribution in [0.4, 0.5) is 0 Å². The molecule has 0 aliphatic carbocycles. The highest BCUT2D eigenvalue weighted by Crippen LogP contribution is 2.01. The number of aliphatic hydroxyl groups excluding tert-OH is 4. The van der Waals surface area contributed by atoms with E-state index in [2.05, 4.69) is 10.6 Å². The second-order valence-corrected chi connectivity index (χ2v) is 4.40. The topological polar surface area (TPSA) is 105 Å². The van der Waals surface area contributed by atoms with Crippen molar-refractivity contribution < 1.29 is 20.4 Å². The van der Waals surface area contributed by atoms with Gasteiger partial charge in [-0.1, -0.05) is 0 Å². The van der Waals surface area contributed by atoms with Crippen LogP contribution in [0.3, 0.4) is 0 Å². The van der Waals surface area contributed by atoms with Crippen LogP contribution in [0.15, 0.2) is 0 Å². The molecule has 2 fully saturated rings. The molecule has 0 unspecified atom stereocenters. The summed E-state index contributed by atoms with van der Waals surface area (Å²) in [5.74, 6) is 0. The number of rotatable bonds is 0. The minimum Gasteiger partial charge on any atom is -0.392 e. The molecule has 4 atom stereocenters. The first kappa shape index (κ1) is 13.8. The van der Waals surface area contributed by atoms with E-state index in [9.17, 15) is 0 Å². The lowest BCUT2D eigenvalue weighted by molar-refractivity contribution is 0.0523. The predicted molar refractivity (Wildman–Crippen MR) is 59.0 cm³/mol. The van der Waals surface area contributed by atoms with Gasteiger partial charge in [-0.25, -0.2) is 0 Å². The molecule has 2 rings (SSSR count). The molecule has 16 heavy (non-hydrogen) atoms. The molecule has 6 heteroatoms. The first-order valence-corrected chi connectivity index (χ1v) is 5.71. The molecular formula is C10H22N2O4. The van der Waals surface area contributed by atoms with Crippen molar-refractivity contribution in [3.63, 3.8) is 0 Å². The number of β-amino-alcohol motifs (C(OH)–C–C–N with tert-alkyl or cyclic N) is 4. The lowest BCUT2D eigenvalue weighted by Crippen LogP contribution is -2.42. The fraction of sp³-hybridized carbons (Fsp3) is 1.00. The van der Waals surface area contributed by atoms with Crippen molar-refractivity contribution in [2.45, 2.75) is 37.3 Å². The van der Waals surface area contributed by atoms with Crippen LogP contribution < -0.4 is 10.6 Å². The van der Waals surface area contributed by atoms with Gasteiger partial charge in [0.1, 0.15) is 0 Å². The largest absolute Gasteiger partial charge is 0.392 e. The highest BCUT2D eigenvalue weighted by molar-refractivity contribution is 4.74. The van der Waals surface area contributed by atoms with E-state index in [-0.39, 0.29) is 24.4 Å². The van der Waals surface area contributed by atoms with Crippen LogP contribution in [0.1, 0.15) is 12.8 Å². The minimum atomic E-state index is -0.348. The molecule has 6 N–H and O–H groups in total. The number of hydrogen-bond acceptors (Lipinski definition) is 6. The van der Waals surface area contributed by atoms with Crippen molar-refractivity contribution in [1.82, 2.24) is 10.6 Å². The zero-order valence-electron chi connectivity index (χ0n) is 9.34. The summed E-state index contributed by atoms with van der Waals surface area (Å²) in [7, 11) is 0. The van der Waals surface area contributed by atoms with Gasteiger partial charge in [-0.3, -0.25) is 0 Å². The van der Waals surface area contributed by atoms with Crippen molar-refractivity contribution >= 4 is 0 Å². The minimum absolute atomic E-state index is 0.348. The third kappa shape index (κ3) is 5.74. The molecule has 2 aliphatic rings. The fourth-order valence-electron chi connectivity index (χ4n) is 1.79. The zero-order valence-corrected chi connectivity index (χ0v) is 9.34. The summed E-state index contributed by atoms with van der Waals surface area (Å²) < 4.78 is 0. The Morgan fingerprint density at radius 3 is 0.938 bits per heavy atom. The molecule has 2 saturated heterocycles. The van der Waals surface area contributed by atoms with E-state index in [0.717, 1.165) is 0 Å². The summed E-state index contributed by atoms with van der Waals surface area (Å²) in [5, 5.41) is 41.2. The quantitative estimate of drug-likeness (QED) is 0.275. The maximum absolute atomic E-state index is 8.86. The van der Waals surface area contributed by atoms with Gasteiger partial charge < -0.3 is 31.1 Å². The van der Waals surface area contributed by atoms with Gasteiger partial charge in [-0.05, 0) is 0 Å². The van der Waals surface area contributed by atoms with Crippen LogP contribution in [0.2, 0.25) is 0 Å². The Kier molecular flexibility index (Phi) is 6.18. The maximum atomic E-state index is 8.86. The van der Waals surface area contributed by atoms with Gasteiger partial charge in [-0.2, -0.15) is 0 Å². The summed E-state index contributed by atoms with van der Waals surface area (Å²) in [6.45, 7) is 2.49. The third-order valence-electron chi connectivity index (χ3n) is 2.61. The third-order valence-corrected chi connectivity index (χ3v) is 2.61. The molecule has 0 aromatic carbocycles. The average molecular weight is 234 g/mol. The number of aliphatic hydroxyl groups is 4. The normalized spacial score (nSPS) is 39.8. The van der Waals surface area contributed by atoms with Crippen LogP contribution in [0, 0.1) is 0 Å². The fourth-order valence-corrected chi connectivity index (χ4v) is 1.79. The van der Waals surface area contributed by atoms with Gasteiger partial charge in [0.2, 0.25) is 0 Å². The SMILES string of the molecule is O[C@@H]1CNC[C@H](O)C1.O[C@@H]1CNC[C@H](O)C1. The molecular weight excluding hydrogens is 212 g/mol. The van der Waals surface area contributed by atoms with Gasteiger partial charge in [0.25, 0.3) is 0 Å². The Morgan fingerprint density at radius 1 is 0.562 bits per heavy atom. The van der Waals surface area contributed by atoms with E-state index in [1.807, 2.05) is 0 Å². The molecule has 0 amide bonds. The van der Waals surface area contributed by atoms with Gasteiger partial charge in [0.15, 0.2) is 0 Å². The monoisotopic (exact) mass is 234 g/mol. The first-order valence-electron chi connectivity index (χ1n) is 5.71. The Balaban J connectivity index is 0.000000160. The zero-order chi connectivity index (χ0) is 12.0. The second-order valence-electron chi connectivity index (χ2n) is 4.40. The van der Waals surface area contributed by atoms with Crippen LogP contribution in [-0.2, 0) is 0 Å². The lowest BCUT2D eigenvalue weighted by atomic mass is 10.1. The number of nitrogens with one attached hydrogen (secondary N) is 2. The standard InChI is InChI=1S/2C5H11NO2/c2*7-4-1-5(8)3-6-2-4/h2*4-8H,1-3H2/t2*4-,5+. The van der Waals surface area contributed by atoms with Gasteiger partial charge in [-0.15, -0.1) is 0 Å². The van der Waals surface area contributed by atoms with Crippen molar-refractivity contribution in [2.24, 2.45) is 0 Å². The summed E-state index contributed by atoms with van der Waals surface area (Å²) in [6.07, 6.45) is -0.352. The molecule has 0 bridgehead atoms. The van der Waals surface area contributed by atoms with Crippen molar-refractivity contribution in [2.75, 3.05) is 26.2 Å². The van der Waals surface area contributed by atoms with Crippen molar-refractivity contribution in [1.29, 1.82) is 0 Å². The summed E-state index contributed by atoms with van der Waals surface area (Å²) in [6, 6.07) is 0. The van der Waals surface area contributed by atoms with E-state index >= 15 is 0 Å². The Hall–Kier alpha value is -0.240.